The highest BCUT2D eigenvalue weighted by Gasteiger charge is 2.27. The second-order valence-corrected chi connectivity index (χ2v) is 4.23. The Bertz CT molecular complexity index is 380. The quantitative estimate of drug-likeness (QED) is 0.753. The minimum absolute atomic E-state index is 0.629. The maximum atomic E-state index is 8.88. The van der Waals surface area contributed by atoms with Gasteiger partial charge in [0.2, 0.25) is 0 Å². The Kier molecular flexibility index (Phi) is 2.91. The maximum Gasteiger partial charge on any atom is 0.137 e. The lowest BCUT2D eigenvalue weighted by Gasteiger charge is -2.33. The third kappa shape index (κ3) is 2.12. The summed E-state index contributed by atoms with van der Waals surface area (Å²) in [5.74, 6) is 2.18. The highest BCUT2D eigenvalue weighted by atomic mass is 16.5. The van der Waals surface area contributed by atoms with Crippen LogP contribution in [0.4, 0.5) is 0 Å². The Balaban J connectivity index is 1.96. The molecule has 0 aromatic heterocycles. The molecule has 0 N–H and O–H groups in total. The third-order valence-electron chi connectivity index (χ3n) is 3.26. The second kappa shape index (κ2) is 4.35. The van der Waals surface area contributed by atoms with Gasteiger partial charge in [-0.25, -0.2) is 0 Å². The molecule has 15 heavy (non-hydrogen) atoms. The fourth-order valence-electron chi connectivity index (χ4n) is 1.86. The van der Waals surface area contributed by atoms with Gasteiger partial charge >= 0.3 is 0 Å². The van der Waals surface area contributed by atoms with Crippen molar-refractivity contribution in [1.82, 2.24) is 0 Å². The van der Waals surface area contributed by atoms with Crippen LogP contribution >= 0.6 is 0 Å². The van der Waals surface area contributed by atoms with E-state index in [-0.39, 0.29) is 0 Å². The van der Waals surface area contributed by atoms with Crippen LogP contribution in [0.25, 0.3) is 0 Å². The average molecular weight is 201 g/mol. The van der Waals surface area contributed by atoms with E-state index in [1.165, 1.54) is 12.8 Å². The fourth-order valence-corrected chi connectivity index (χ4v) is 1.86. The first kappa shape index (κ1) is 10.0. The topological polar surface area (TPSA) is 33.0 Å². The molecule has 2 rings (SSSR count). The number of nitrogens with zero attached hydrogens (tertiary/aromatic N) is 1. The summed E-state index contributed by atoms with van der Waals surface area (Å²) < 4.78 is 5.68. The Morgan fingerprint density at radius 2 is 2.20 bits per heavy atom. The van der Waals surface area contributed by atoms with Crippen molar-refractivity contribution >= 4 is 0 Å². The number of para-hydroxylation sites is 1. The largest absolute Gasteiger partial charge is 0.492 e. The summed E-state index contributed by atoms with van der Waals surface area (Å²) in [7, 11) is 0. The first-order chi connectivity index (χ1) is 7.31. The SMILES string of the molecule is C[C@H]1CC[C@H]1COc1ccccc1C#N. The van der Waals surface area contributed by atoms with E-state index in [9.17, 15) is 0 Å². The van der Waals surface area contributed by atoms with Crippen LogP contribution in [-0.2, 0) is 0 Å². The zero-order valence-electron chi connectivity index (χ0n) is 8.94. The van der Waals surface area contributed by atoms with Gasteiger partial charge in [0.15, 0.2) is 0 Å². The van der Waals surface area contributed by atoms with Gasteiger partial charge in [0.25, 0.3) is 0 Å². The van der Waals surface area contributed by atoms with Crippen molar-refractivity contribution < 1.29 is 4.74 Å². The van der Waals surface area contributed by atoms with Crippen LogP contribution < -0.4 is 4.74 Å². The van der Waals surface area contributed by atoms with E-state index in [1.54, 1.807) is 6.07 Å². The van der Waals surface area contributed by atoms with Crippen molar-refractivity contribution in [3.8, 4) is 11.8 Å². The second-order valence-electron chi connectivity index (χ2n) is 4.23. The molecule has 0 radical (unpaired) electrons. The molecule has 0 amide bonds. The standard InChI is InChI=1S/C13H15NO/c1-10-6-7-12(10)9-15-13-5-3-2-4-11(13)8-14/h2-5,10,12H,6-7,9H2,1H3/t10-,12-/m0/s1. The van der Waals surface area contributed by atoms with Crippen molar-refractivity contribution in [3.63, 3.8) is 0 Å². The monoisotopic (exact) mass is 201 g/mol. The number of rotatable bonds is 3. The molecule has 2 atom stereocenters. The number of ether oxygens (including phenoxy) is 1. The molecular weight excluding hydrogens is 186 g/mol. The van der Waals surface area contributed by atoms with Crippen molar-refractivity contribution in [3.05, 3.63) is 29.8 Å². The third-order valence-corrected chi connectivity index (χ3v) is 3.26. The van der Waals surface area contributed by atoms with E-state index in [4.69, 9.17) is 10.00 Å². The molecule has 78 valence electrons. The lowest BCUT2D eigenvalue weighted by molar-refractivity contribution is 0.116. The van der Waals surface area contributed by atoms with Gasteiger partial charge in [-0.1, -0.05) is 19.1 Å². The summed E-state index contributed by atoms with van der Waals surface area (Å²) >= 11 is 0. The van der Waals surface area contributed by atoms with Crippen LogP contribution in [-0.4, -0.2) is 6.61 Å². The Hall–Kier alpha value is -1.49. The van der Waals surface area contributed by atoms with Gasteiger partial charge in [0, 0.05) is 0 Å². The number of hydrogen-bond donors (Lipinski definition) is 0. The van der Waals surface area contributed by atoms with E-state index >= 15 is 0 Å². The van der Waals surface area contributed by atoms with Gasteiger partial charge in [-0.15, -0.1) is 0 Å². The molecule has 1 aromatic rings. The van der Waals surface area contributed by atoms with E-state index in [0.29, 0.717) is 11.5 Å². The van der Waals surface area contributed by atoms with Gasteiger partial charge in [0.1, 0.15) is 11.8 Å². The van der Waals surface area contributed by atoms with Crippen molar-refractivity contribution in [2.45, 2.75) is 19.8 Å². The van der Waals surface area contributed by atoms with Crippen LogP contribution in [0.2, 0.25) is 0 Å². The van der Waals surface area contributed by atoms with Crippen LogP contribution in [0.5, 0.6) is 5.75 Å². The number of nitriles is 1. The predicted molar refractivity (Wildman–Crippen MR) is 58.5 cm³/mol. The zero-order chi connectivity index (χ0) is 10.7. The Labute approximate surface area is 90.5 Å². The van der Waals surface area contributed by atoms with Crippen LogP contribution in [0.15, 0.2) is 24.3 Å². The molecule has 0 spiro atoms. The summed E-state index contributed by atoms with van der Waals surface area (Å²) in [5.41, 5.74) is 0.629. The van der Waals surface area contributed by atoms with E-state index in [1.807, 2.05) is 18.2 Å². The highest BCUT2D eigenvalue weighted by molar-refractivity contribution is 5.42. The maximum absolute atomic E-state index is 8.88. The van der Waals surface area contributed by atoms with Gasteiger partial charge in [0.05, 0.1) is 12.2 Å². The summed E-state index contributed by atoms with van der Waals surface area (Å²) in [6, 6.07) is 9.56. The molecule has 0 aliphatic heterocycles. The van der Waals surface area contributed by atoms with Crippen LogP contribution in [0.1, 0.15) is 25.3 Å². The minimum Gasteiger partial charge on any atom is -0.492 e. The van der Waals surface area contributed by atoms with Crippen molar-refractivity contribution in [1.29, 1.82) is 5.26 Å². The molecule has 0 unspecified atom stereocenters. The molecule has 0 heterocycles. The number of benzene rings is 1. The van der Waals surface area contributed by atoms with Crippen molar-refractivity contribution in [2.24, 2.45) is 11.8 Å². The predicted octanol–water partition coefficient (Wildman–Crippen LogP) is 2.98. The van der Waals surface area contributed by atoms with E-state index in [0.717, 1.165) is 18.3 Å². The minimum atomic E-state index is 0.629. The average Bonchev–Trinajstić information content (AvgIpc) is 2.28. The van der Waals surface area contributed by atoms with Gasteiger partial charge in [-0.3, -0.25) is 0 Å². The number of hydrogen-bond acceptors (Lipinski definition) is 2. The molecule has 1 aromatic carbocycles. The molecule has 1 fully saturated rings. The smallest absolute Gasteiger partial charge is 0.137 e. The van der Waals surface area contributed by atoms with Gasteiger partial charge in [-0.2, -0.15) is 5.26 Å². The summed E-state index contributed by atoms with van der Waals surface area (Å²) in [4.78, 5) is 0. The zero-order valence-corrected chi connectivity index (χ0v) is 8.94. The molecular formula is C13H15NO. The molecule has 0 saturated heterocycles. The summed E-state index contributed by atoms with van der Waals surface area (Å²) in [6.45, 7) is 3.01. The highest BCUT2D eigenvalue weighted by Crippen LogP contribution is 2.34. The van der Waals surface area contributed by atoms with Crippen LogP contribution in [0.3, 0.4) is 0 Å². The molecule has 1 aliphatic rings. The molecule has 2 nitrogen and oxygen atoms in total. The first-order valence-corrected chi connectivity index (χ1v) is 5.43. The molecule has 0 bridgehead atoms. The summed E-state index contributed by atoms with van der Waals surface area (Å²) in [5, 5.41) is 8.88. The molecule has 1 aliphatic carbocycles. The molecule has 2 heteroatoms. The van der Waals surface area contributed by atoms with Gasteiger partial charge in [-0.05, 0) is 36.8 Å². The van der Waals surface area contributed by atoms with E-state index < -0.39 is 0 Å². The fraction of sp³-hybridized carbons (Fsp3) is 0.462. The lowest BCUT2D eigenvalue weighted by Crippen LogP contribution is -2.28. The lowest BCUT2D eigenvalue weighted by atomic mass is 9.75. The van der Waals surface area contributed by atoms with Crippen molar-refractivity contribution in [2.75, 3.05) is 6.61 Å². The van der Waals surface area contributed by atoms with E-state index in [2.05, 4.69) is 13.0 Å². The Morgan fingerprint density at radius 1 is 1.40 bits per heavy atom. The summed E-state index contributed by atoms with van der Waals surface area (Å²) in [6.07, 6.45) is 2.57. The van der Waals surface area contributed by atoms with Crippen LogP contribution in [0, 0.1) is 23.2 Å². The molecule has 1 saturated carbocycles. The Morgan fingerprint density at radius 3 is 2.80 bits per heavy atom. The normalized spacial score (nSPS) is 24.0. The van der Waals surface area contributed by atoms with Gasteiger partial charge < -0.3 is 4.74 Å². The first-order valence-electron chi connectivity index (χ1n) is 5.43.